The Kier molecular flexibility index (Phi) is 3.87. The smallest absolute Gasteiger partial charge is 0.129 e. The summed E-state index contributed by atoms with van der Waals surface area (Å²) in [5, 5.41) is 9.42. The van der Waals surface area contributed by atoms with Crippen molar-refractivity contribution in [1.29, 1.82) is 0 Å². The van der Waals surface area contributed by atoms with E-state index in [0.29, 0.717) is 5.75 Å². The van der Waals surface area contributed by atoms with Gasteiger partial charge in [0.15, 0.2) is 0 Å². The first-order valence-corrected chi connectivity index (χ1v) is 6.68. The summed E-state index contributed by atoms with van der Waals surface area (Å²) in [6.45, 7) is 5.69. The molecule has 3 heteroatoms. The zero-order valence-electron chi connectivity index (χ0n) is 9.62. The standard InChI is InChI=1S/C13H18BrNO/c1-2-10-5-6-15(8-10)9-11-3-4-13(16)12(14)7-11/h3-4,7,10,16H,2,5-6,8-9H2,1H3. The molecule has 1 saturated heterocycles. The fourth-order valence-electron chi connectivity index (χ4n) is 2.30. The van der Waals surface area contributed by atoms with Gasteiger partial charge in [0, 0.05) is 13.1 Å². The van der Waals surface area contributed by atoms with Gasteiger partial charge < -0.3 is 5.11 Å². The predicted octanol–water partition coefficient (Wildman–Crippen LogP) is 3.39. The van der Waals surface area contributed by atoms with Gasteiger partial charge in [-0.25, -0.2) is 0 Å². The molecule has 1 aromatic rings. The van der Waals surface area contributed by atoms with Gasteiger partial charge in [0.1, 0.15) is 5.75 Å². The largest absolute Gasteiger partial charge is 0.507 e. The monoisotopic (exact) mass is 283 g/mol. The predicted molar refractivity (Wildman–Crippen MR) is 69.5 cm³/mol. The quantitative estimate of drug-likeness (QED) is 0.919. The number of aromatic hydroxyl groups is 1. The second-order valence-corrected chi connectivity index (χ2v) is 5.44. The Morgan fingerprint density at radius 2 is 2.31 bits per heavy atom. The molecule has 0 spiro atoms. The minimum Gasteiger partial charge on any atom is -0.507 e. The van der Waals surface area contributed by atoms with E-state index < -0.39 is 0 Å². The molecule has 0 radical (unpaired) electrons. The van der Waals surface area contributed by atoms with E-state index >= 15 is 0 Å². The number of rotatable bonds is 3. The molecule has 1 N–H and O–H groups in total. The minimum atomic E-state index is 0.316. The maximum Gasteiger partial charge on any atom is 0.129 e. The number of likely N-dealkylation sites (tertiary alicyclic amines) is 1. The number of hydrogen-bond donors (Lipinski definition) is 1. The molecule has 0 saturated carbocycles. The van der Waals surface area contributed by atoms with E-state index in [1.807, 2.05) is 12.1 Å². The highest BCUT2D eigenvalue weighted by Gasteiger charge is 2.20. The van der Waals surface area contributed by atoms with Crippen LogP contribution in [-0.4, -0.2) is 23.1 Å². The summed E-state index contributed by atoms with van der Waals surface area (Å²) >= 11 is 3.35. The van der Waals surface area contributed by atoms with Crippen LogP contribution < -0.4 is 0 Å². The Bertz CT molecular complexity index is 367. The van der Waals surface area contributed by atoms with Crippen LogP contribution in [0.1, 0.15) is 25.3 Å². The summed E-state index contributed by atoms with van der Waals surface area (Å²) in [5.41, 5.74) is 1.27. The van der Waals surface area contributed by atoms with Crippen molar-refractivity contribution in [2.24, 2.45) is 5.92 Å². The summed E-state index contributed by atoms with van der Waals surface area (Å²) in [5.74, 6) is 1.19. The number of phenols is 1. The number of hydrogen-bond acceptors (Lipinski definition) is 2. The highest BCUT2D eigenvalue weighted by atomic mass is 79.9. The highest BCUT2D eigenvalue weighted by molar-refractivity contribution is 9.10. The molecule has 0 aliphatic carbocycles. The molecule has 1 aliphatic rings. The van der Waals surface area contributed by atoms with Gasteiger partial charge in [-0.05, 0) is 52.5 Å². The summed E-state index contributed by atoms with van der Waals surface area (Å²) in [4.78, 5) is 2.49. The third-order valence-corrected chi connectivity index (χ3v) is 4.00. The molecule has 16 heavy (non-hydrogen) atoms. The Balaban J connectivity index is 1.97. The van der Waals surface area contributed by atoms with Gasteiger partial charge in [-0.2, -0.15) is 0 Å². The zero-order chi connectivity index (χ0) is 11.5. The number of benzene rings is 1. The Morgan fingerprint density at radius 3 is 2.94 bits per heavy atom. The molecule has 0 amide bonds. The molecule has 2 rings (SSSR count). The van der Waals surface area contributed by atoms with Crippen LogP contribution in [0.25, 0.3) is 0 Å². The van der Waals surface area contributed by atoms with Crippen LogP contribution in [0.2, 0.25) is 0 Å². The lowest BCUT2D eigenvalue weighted by atomic mass is 10.1. The first-order valence-electron chi connectivity index (χ1n) is 5.88. The van der Waals surface area contributed by atoms with E-state index in [4.69, 9.17) is 0 Å². The first-order chi connectivity index (χ1) is 7.69. The molecule has 1 aromatic carbocycles. The molecule has 1 fully saturated rings. The Hall–Kier alpha value is -0.540. The average Bonchev–Trinajstić information content (AvgIpc) is 2.71. The summed E-state index contributed by atoms with van der Waals surface area (Å²) in [6.07, 6.45) is 2.62. The van der Waals surface area contributed by atoms with Crippen LogP contribution in [0.3, 0.4) is 0 Å². The number of phenolic OH excluding ortho intramolecular Hbond substituents is 1. The first kappa shape index (κ1) is 11.9. The molecule has 1 aliphatic heterocycles. The van der Waals surface area contributed by atoms with Crippen LogP contribution in [0.5, 0.6) is 5.75 Å². The van der Waals surface area contributed by atoms with Gasteiger partial charge in [0.2, 0.25) is 0 Å². The third-order valence-electron chi connectivity index (χ3n) is 3.37. The van der Waals surface area contributed by atoms with E-state index in [9.17, 15) is 5.11 Å². The van der Waals surface area contributed by atoms with Gasteiger partial charge >= 0.3 is 0 Å². The maximum absolute atomic E-state index is 9.42. The van der Waals surface area contributed by atoms with Gasteiger partial charge in [-0.3, -0.25) is 4.90 Å². The van der Waals surface area contributed by atoms with Crippen molar-refractivity contribution >= 4 is 15.9 Å². The summed E-state index contributed by atoms with van der Waals surface area (Å²) in [7, 11) is 0. The van der Waals surface area contributed by atoms with E-state index in [2.05, 4.69) is 27.8 Å². The van der Waals surface area contributed by atoms with E-state index in [1.54, 1.807) is 6.07 Å². The molecule has 1 atom stereocenters. The Labute approximate surface area is 105 Å². The van der Waals surface area contributed by atoms with Gasteiger partial charge in [-0.1, -0.05) is 19.4 Å². The zero-order valence-corrected chi connectivity index (χ0v) is 11.2. The normalized spacial score (nSPS) is 21.5. The highest BCUT2D eigenvalue weighted by Crippen LogP contribution is 2.26. The van der Waals surface area contributed by atoms with Crippen LogP contribution in [-0.2, 0) is 6.54 Å². The lowest BCUT2D eigenvalue weighted by molar-refractivity contribution is 0.315. The summed E-state index contributed by atoms with van der Waals surface area (Å²) in [6, 6.07) is 5.76. The van der Waals surface area contributed by atoms with Crippen molar-refractivity contribution in [3.8, 4) is 5.75 Å². The van der Waals surface area contributed by atoms with E-state index in [0.717, 1.165) is 16.9 Å². The van der Waals surface area contributed by atoms with Crippen LogP contribution in [0.15, 0.2) is 22.7 Å². The van der Waals surface area contributed by atoms with Crippen LogP contribution in [0, 0.1) is 5.92 Å². The van der Waals surface area contributed by atoms with Crippen molar-refractivity contribution in [3.05, 3.63) is 28.2 Å². The molecule has 1 unspecified atom stereocenters. The second kappa shape index (κ2) is 5.19. The molecule has 2 nitrogen and oxygen atoms in total. The Morgan fingerprint density at radius 1 is 1.50 bits per heavy atom. The molecule has 88 valence electrons. The van der Waals surface area contributed by atoms with Crippen LogP contribution >= 0.6 is 15.9 Å². The van der Waals surface area contributed by atoms with Crippen LogP contribution in [0.4, 0.5) is 0 Å². The second-order valence-electron chi connectivity index (χ2n) is 4.58. The van der Waals surface area contributed by atoms with Gasteiger partial charge in [-0.15, -0.1) is 0 Å². The lowest BCUT2D eigenvalue weighted by Gasteiger charge is -2.16. The fourth-order valence-corrected chi connectivity index (χ4v) is 2.72. The van der Waals surface area contributed by atoms with Crippen molar-refractivity contribution in [1.82, 2.24) is 4.90 Å². The van der Waals surface area contributed by atoms with Crippen molar-refractivity contribution < 1.29 is 5.11 Å². The molecular formula is C13H18BrNO. The molecular weight excluding hydrogens is 266 g/mol. The minimum absolute atomic E-state index is 0.316. The third kappa shape index (κ3) is 2.77. The van der Waals surface area contributed by atoms with Gasteiger partial charge in [0.25, 0.3) is 0 Å². The summed E-state index contributed by atoms with van der Waals surface area (Å²) < 4.78 is 0.788. The number of halogens is 1. The molecule has 0 bridgehead atoms. The average molecular weight is 284 g/mol. The van der Waals surface area contributed by atoms with Gasteiger partial charge in [0.05, 0.1) is 4.47 Å². The molecule has 1 heterocycles. The van der Waals surface area contributed by atoms with E-state index in [1.165, 1.54) is 31.5 Å². The SMILES string of the molecule is CCC1CCN(Cc2ccc(O)c(Br)c2)C1. The van der Waals surface area contributed by atoms with Crippen molar-refractivity contribution in [2.75, 3.05) is 13.1 Å². The fraction of sp³-hybridized carbons (Fsp3) is 0.538. The topological polar surface area (TPSA) is 23.5 Å². The lowest BCUT2D eigenvalue weighted by Crippen LogP contribution is -2.19. The van der Waals surface area contributed by atoms with Crippen molar-refractivity contribution in [2.45, 2.75) is 26.3 Å². The molecule has 0 aromatic heterocycles. The maximum atomic E-state index is 9.42. The number of nitrogens with zero attached hydrogens (tertiary/aromatic N) is 1. The van der Waals surface area contributed by atoms with Crippen molar-refractivity contribution in [3.63, 3.8) is 0 Å². The van der Waals surface area contributed by atoms with E-state index in [-0.39, 0.29) is 0 Å².